The standard InChI is InChI=1S/C21H30N4O/c1-16-14-20(22-24(16)4)21(26)23(3)15-18-10-12-25(13-11-18)17(2)19-8-6-5-7-9-19/h5-9,14,17-18H,10-13,15H2,1-4H3. The zero-order valence-corrected chi connectivity index (χ0v) is 16.4. The number of likely N-dealkylation sites (tertiary alicyclic amines) is 1. The van der Waals surface area contributed by atoms with Gasteiger partial charge in [-0.3, -0.25) is 14.4 Å². The lowest BCUT2D eigenvalue weighted by atomic mass is 9.94. The molecular weight excluding hydrogens is 324 g/mol. The molecule has 0 bridgehead atoms. The van der Waals surface area contributed by atoms with Gasteiger partial charge in [-0.15, -0.1) is 0 Å². The minimum absolute atomic E-state index is 0.0220. The van der Waals surface area contributed by atoms with Crippen LogP contribution in [0.25, 0.3) is 0 Å². The molecule has 1 aromatic carbocycles. The molecule has 1 aromatic heterocycles. The molecule has 5 heteroatoms. The minimum Gasteiger partial charge on any atom is -0.340 e. The highest BCUT2D eigenvalue weighted by molar-refractivity contribution is 5.92. The van der Waals surface area contributed by atoms with Crippen LogP contribution in [0.15, 0.2) is 36.4 Å². The predicted octanol–water partition coefficient (Wildman–Crippen LogP) is 3.27. The summed E-state index contributed by atoms with van der Waals surface area (Å²) in [5, 5.41) is 4.31. The molecule has 3 rings (SSSR count). The molecule has 1 fully saturated rings. The molecule has 0 N–H and O–H groups in total. The van der Waals surface area contributed by atoms with Crippen LogP contribution < -0.4 is 0 Å². The van der Waals surface area contributed by atoms with Crippen LogP contribution in [0.4, 0.5) is 0 Å². The second kappa shape index (κ2) is 8.04. The van der Waals surface area contributed by atoms with Gasteiger partial charge in [0.25, 0.3) is 5.91 Å². The monoisotopic (exact) mass is 354 g/mol. The number of piperidine rings is 1. The van der Waals surface area contributed by atoms with E-state index in [4.69, 9.17) is 0 Å². The molecule has 0 aliphatic carbocycles. The van der Waals surface area contributed by atoms with Crippen molar-refractivity contribution in [3.8, 4) is 0 Å². The Bertz CT molecular complexity index is 712. The Labute approximate surface area is 156 Å². The molecule has 0 saturated carbocycles. The maximum Gasteiger partial charge on any atom is 0.274 e. The fraction of sp³-hybridized carbons (Fsp3) is 0.524. The van der Waals surface area contributed by atoms with Crippen molar-refractivity contribution in [1.29, 1.82) is 0 Å². The molecule has 1 unspecified atom stereocenters. The quantitative estimate of drug-likeness (QED) is 0.827. The zero-order valence-electron chi connectivity index (χ0n) is 16.4. The lowest BCUT2D eigenvalue weighted by Crippen LogP contribution is -2.40. The van der Waals surface area contributed by atoms with Crippen LogP contribution in [-0.2, 0) is 7.05 Å². The average Bonchev–Trinajstić information content (AvgIpc) is 3.00. The molecule has 0 radical (unpaired) electrons. The summed E-state index contributed by atoms with van der Waals surface area (Å²) in [5.74, 6) is 0.585. The first kappa shape index (κ1) is 18.6. The Balaban J connectivity index is 1.51. The van der Waals surface area contributed by atoms with Crippen molar-refractivity contribution in [2.24, 2.45) is 13.0 Å². The van der Waals surface area contributed by atoms with E-state index in [1.165, 1.54) is 5.56 Å². The van der Waals surface area contributed by atoms with Crippen LogP contribution in [0.3, 0.4) is 0 Å². The fourth-order valence-electron chi connectivity index (χ4n) is 3.80. The molecule has 1 saturated heterocycles. The third kappa shape index (κ3) is 4.15. The second-order valence-electron chi connectivity index (χ2n) is 7.55. The van der Waals surface area contributed by atoms with Crippen molar-refractivity contribution < 1.29 is 4.79 Å². The Morgan fingerprint density at radius 2 is 1.92 bits per heavy atom. The number of hydrogen-bond donors (Lipinski definition) is 0. The van der Waals surface area contributed by atoms with Crippen molar-refractivity contribution in [2.45, 2.75) is 32.7 Å². The van der Waals surface area contributed by atoms with E-state index >= 15 is 0 Å². The molecule has 1 atom stereocenters. The largest absolute Gasteiger partial charge is 0.340 e. The number of benzene rings is 1. The van der Waals surface area contributed by atoms with E-state index < -0.39 is 0 Å². The minimum atomic E-state index is 0.0220. The van der Waals surface area contributed by atoms with E-state index in [1.807, 2.05) is 32.0 Å². The molecule has 26 heavy (non-hydrogen) atoms. The number of carbonyl (C=O) groups is 1. The summed E-state index contributed by atoms with van der Waals surface area (Å²) in [4.78, 5) is 17.0. The van der Waals surface area contributed by atoms with Crippen LogP contribution in [0.2, 0.25) is 0 Å². The summed E-state index contributed by atoms with van der Waals surface area (Å²) in [6.07, 6.45) is 2.27. The molecule has 1 amide bonds. The van der Waals surface area contributed by atoms with Gasteiger partial charge in [0.15, 0.2) is 5.69 Å². The topological polar surface area (TPSA) is 41.4 Å². The Hall–Kier alpha value is -2.14. The number of rotatable bonds is 5. The molecular formula is C21H30N4O. The van der Waals surface area contributed by atoms with Gasteiger partial charge in [0.2, 0.25) is 0 Å². The van der Waals surface area contributed by atoms with Crippen molar-refractivity contribution in [1.82, 2.24) is 19.6 Å². The van der Waals surface area contributed by atoms with Crippen LogP contribution in [-0.4, -0.2) is 52.2 Å². The van der Waals surface area contributed by atoms with E-state index in [9.17, 15) is 4.79 Å². The molecule has 1 aliphatic rings. The molecule has 2 heterocycles. The number of aromatic nitrogens is 2. The summed E-state index contributed by atoms with van der Waals surface area (Å²) in [6.45, 7) is 7.24. The SMILES string of the molecule is Cc1cc(C(=O)N(C)CC2CCN(C(C)c3ccccc3)CC2)nn1C. The van der Waals surface area contributed by atoms with Gasteiger partial charge < -0.3 is 4.90 Å². The van der Waals surface area contributed by atoms with Gasteiger partial charge in [-0.25, -0.2) is 0 Å². The average molecular weight is 354 g/mol. The highest BCUT2D eigenvalue weighted by Crippen LogP contribution is 2.27. The Kier molecular flexibility index (Phi) is 5.77. The maximum atomic E-state index is 12.6. The predicted molar refractivity (Wildman–Crippen MR) is 104 cm³/mol. The van der Waals surface area contributed by atoms with Crippen LogP contribution in [0, 0.1) is 12.8 Å². The molecule has 5 nitrogen and oxygen atoms in total. The first-order valence-corrected chi connectivity index (χ1v) is 9.51. The third-order valence-electron chi connectivity index (χ3n) is 5.69. The number of nitrogens with zero attached hydrogens (tertiary/aromatic N) is 4. The maximum absolute atomic E-state index is 12.6. The summed E-state index contributed by atoms with van der Waals surface area (Å²) in [6, 6.07) is 13.0. The number of carbonyl (C=O) groups excluding carboxylic acids is 1. The van der Waals surface area contributed by atoms with Gasteiger partial charge in [-0.2, -0.15) is 5.10 Å². The van der Waals surface area contributed by atoms with E-state index in [2.05, 4.69) is 47.3 Å². The third-order valence-corrected chi connectivity index (χ3v) is 5.69. The Morgan fingerprint density at radius 1 is 1.27 bits per heavy atom. The van der Waals surface area contributed by atoms with Crippen LogP contribution in [0.1, 0.15) is 47.6 Å². The van der Waals surface area contributed by atoms with Gasteiger partial charge in [0.05, 0.1) is 0 Å². The lowest BCUT2D eigenvalue weighted by molar-refractivity contribution is 0.0715. The number of aryl methyl sites for hydroxylation is 2. The van der Waals surface area contributed by atoms with Crippen LogP contribution in [0.5, 0.6) is 0 Å². The lowest BCUT2D eigenvalue weighted by Gasteiger charge is -2.37. The first-order valence-electron chi connectivity index (χ1n) is 9.51. The van der Waals surface area contributed by atoms with Gasteiger partial charge in [-0.1, -0.05) is 30.3 Å². The van der Waals surface area contributed by atoms with E-state index in [1.54, 1.807) is 4.68 Å². The van der Waals surface area contributed by atoms with Gasteiger partial charge in [0.1, 0.15) is 0 Å². The smallest absolute Gasteiger partial charge is 0.274 e. The summed E-state index contributed by atoms with van der Waals surface area (Å²) < 4.78 is 1.75. The summed E-state index contributed by atoms with van der Waals surface area (Å²) >= 11 is 0. The number of hydrogen-bond acceptors (Lipinski definition) is 3. The van der Waals surface area contributed by atoms with Crippen LogP contribution >= 0.6 is 0 Å². The van der Waals surface area contributed by atoms with Gasteiger partial charge >= 0.3 is 0 Å². The van der Waals surface area contributed by atoms with E-state index in [-0.39, 0.29) is 5.91 Å². The van der Waals surface area contributed by atoms with Gasteiger partial charge in [0, 0.05) is 32.4 Å². The molecule has 2 aromatic rings. The second-order valence-corrected chi connectivity index (χ2v) is 7.55. The first-order chi connectivity index (χ1) is 12.5. The highest BCUT2D eigenvalue weighted by Gasteiger charge is 2.26. The van der Waals surface area contributed by atoms with E-state index in [0.717, 1.165) is 38.2 Å². The van der Waals surface area contributed by atoms with Crippen molar-refractivity contribution in [2.75, 3.05) is 26.7 Å². The highest BCUT2D eigenvalue weighted by atomic mass is 16.2. The normalized spacial score (nSPS) is 17.2. The van der Waals surface area contributed by atoms with E-state index in [0.29, 0.717) is 17.7 Å². The van der Waals surface area contributed by atoms with Crippen molar-refractivity contribution in [3.05, 3.63) is 53.3 Å². The summed E-state index contributed by atoms with van der Waals surface area (Å²) in [5.41, 5.74) is 2.93. The van der Waals surface area contributed by atoms with Gasteiger partial charge in [-0.05, 0) is 57.3 Å². The Morgan fingerprint density at radius 3 is 2.50 bits per heavy atom. The number of amides is 1. The fourth-order valence-corrected chi connectivity index (χ4v) is 3.80. The molecule has 0 spiro atoms. The zero-order chi connectivity index (χ0) is 18.7. The summed E-state index contributed by atoms with van der Waals surface area (Å²) in [7, 11) is 3.76. The molecule has 140 valence electrons. The molecule has 1 aliphatic heterocycles. The van der Waals surface area contributed by atoms with Crippen molar-refractivity contribution >= 4 is 5.91 Å². The van der Waals surface area contributed by atoms with Crippen molar-refractivity contribution in [3.63, 3.8) is 0 Å².